The van der Waals surface area contributed by atoms with Gasteiger partial charge in [0.05, 0.1) is 11.9 Å². The van der Waals surface area contributed by atoms with E-state index in [0.717, 1.165) is 42.5 Å². The maximum absolute atomic E-state index is 13.0. The van der Waals surface area contributed by atoms with E-state index in [2.05, 4.69) is 54.5 Å². The van der Waals surface area contributed by atoms with Crippen LogP contribution in [0.4, 0.5) is 11.6 Å². The first-order valence-electron chi connectivity index (χ1n) is 11.3. The van der Waals surface area contributed by atoms with Gasteiger partial charge >= 0.3 is 0 Å². The van der Waals surface area contributed by atoms with Gasteiger partial charge in [-0.25, -0.2) is 9.97 Å². The van der Waals surface area contributed by atoms with Crippen molar-refractivity contribution in [3.8, 4) is 11.4 Å². The molecule has 174 valence electrons. The number of hydrogen-bond donors (Lipinski definition) is 1. The van der Waals surface area contributed by atoms with Gasteiger partial charge in [-0.1, -0.05) is 5.21 Å². The summed E-state index contributed by atoms with van der Waals surface area (Å²) in [5, 5.41) is 12.8. The second-order valence-corrected chi connectivity index (χ2v) is 8.80. The van der Waals surface area contributed by atoms with Crippen LogP contribution >= 0.6 is 0 Å². The SMILES string of the molecule is CN(C)C1CCN(c2cc(C(=O)Nc3cc4cc(-c5cn(C)nn5)ncc4cn3)ccn2)CC1. The Morgan fingerprint density at radius 2 is 1.82 bits per heavy atom. The van der Waals surface area contributed by atoms with E-state index in [0.29, 0.717) is 28.8 Å². The number of aromatic nitrogens is 6. The molecule has 0 saturated carbocycles. The highest BCUT2D eigenvalue weighted by Gasteiger charge is 2.22. The maximum Gasteiger partial charge on any atom is 0.257 e. The summed E-state index contributed by atoms with van der Waals surface area (Å²) in [6.45, 7) is 1.85. The van der Waals surface area contributed by atoms with Crippen molar-refractivity contribution in [2.45, 2.75) is 18.9 Å². The van der Waals surface area contributed by atoms with Gasteiger partial charge in [0.1, 0.15) is 17.3 Å². The quantitative estimate of drug-likeness (QED) is 0.488. The lowest BCUT2D eigenvalue weighted by molar-refractivity contribution is 0.102. The first kappa shape index (κ1) is 21.9. The van der Waals surface area contributed by atoms with Crippen molar-refractivity contribution in [3.05, 3.63) is 54.6 Å². The number of hydrogen-bond acceptors (Lipinski definition) is 8. The van der Waals surface area contributed by atoms with E-state index in [4.69, 9.17) is 0 Å². The molecule has 1 N–H and O–H groups in total. The van der Waals surface area contributed by atoms with E-state index in [1.54, 1.807) is 29.3 Å². The molecule has 1 aliphatic rings. The van der Waals surface area contributed by atoms with E-state index < -0.39 is 0 Å². The number of piperidine rings is 1. The Labute approximate surface area is 197 Å². The lowest BCUT2D eigenvalue weighted by Gasteiger charge is -2.35. The van der Waals surface area contributed by atoms with Crippen molar-refractivity contribution in [2.24, 2.45) is 7.05 Å². The normalized spacial score (nSPS) is 14.6. The van der Waals surface area contributed by atoms with Crippen LogP contribution < -0.4 is 10.2 Å². The minimum atomic E-state index is -0.220. The van der Waals surface area contributed by atoms with Gasteiger partial charge in [0, 0.05) is 55.7 Å². The summed E-state index contributed by atoms with van der Waals surface area (Å²) in [4.78, 5) is 30.8. The molecule has 4 aromatic rings. The number of aryl methyl sites for hydroxylation is 1. The Morgan fingerprint density at radius 1 is 1.03 bits per heavy atom. The van der Waals surface area contributed by atoms with Gasteiger partial charge in [-0.2, -0.15) is 0 Å². The van der Waals surface area contributed by atoms with Gasteiger partial charge in [-0.3, -0.25) is 14.5 Å². The summed E-state index contributed by atoms with van der Waals surface area (Å²) >= 11 is 0. The van der Waals surface area contributed by atoms with Gasteiger partial charge in [0.25, 0.3) is 5.91 Å². The molecule has 5 heterocycles. The third kappa shape index (κ3) is 4.58. The number of nitrogens with zero attached hydrogens (tertiary/aromatic N) is 8. The summed E-state index contributed by atoms with van der Waals surface area (Å²) < 4.78 is 1.63. The molecule has 10 heteroatoms. The zero-order chi connectivity index (χ0) is 23.7. The van der Waals surface area contributed by atoms with Gasteiger partial charge in [-0.05, 0) is 56.6 Å². The smallest absolute Gasteiger partial charge is 0.257 e. The minimum Gasteiger partial charge on any atom is -0.356 e. The molecular weight excluding hydrogens is 430 g/mol. The number of rotatable bonds is 5. The van der Waals surface area contributed by atoms with Gasteiger partial charge in [-0.15, -0.1) is 5.10 Å². The van der Waals surface area contributed by atoms with E-state index >= 15 is 0 Å². The molecule has 0 radical (unpaired) electrons. The number of anilines is 2. The second kappa shape index (κ2) is 9.14. The van der Waals surface area contributed by atoms with Crippen LogP contribution in [0.1, 0.15) is 23.2 Å². The molecule has 0 aromatic carbocycles. The molecule has 10 nitrogen and oxygen atoms in total. The summed E-state index contributed by atoms with van der Waals surface area (Å²) in [6, 6.07) is 7.92. The molecule has 5 rings (SSSR count). The molecule has 0 aliphatic carbocycles. The fourth-order valence-corrected chi connectivity index (χ4v) is 4.24. The van der Waals surface area contributed by atoms with Crippen LogP contribution in [0.5, 0.6) is 0 Å². The Morgan fingerprint density at radius 3 is 2.56 bits per heavy atom. The number of carbonyl (C=O) groups excluding carboxylic acids is 1. The number of amides is 1. The van der Waals surface area contributed by atoms with Crippen molar-refractivity contribution in [1.82, 2.24) is 34.8 Å². The number of fused-ring (bicyclic) bond motifs is 1. The molecular formula is C24H27N9O. The predicted molar refractivity (Wildman–Crippen MR) is 131 cm³/mol. The highest BCUT2D eigenvalue weighted by atomic mass is 16.1. The largest absolute Gasteiger partial charge is 0.356 e. The summed E-state index contributed by atoms with van der Waals surface area (Å²) in [5.41, 5.74) is 1.95. The summed E-state index contributed by atoms with van der Waals surface area (Å²) in [7, 11) is 6.06. The molecule has 1 amide bonds. The van der Waals surface area contributed by atoms with Crippen LogP contribution in [0.25, 0.3) is 22.2 Å². The average Bonchev–Trinajstić information content (AvgIpc) is 3.30. The van der Waals surface area contributed by atoms with Gasteiger partial charge in [0.2, 0.25) is 0 Å². The third-order valence-corrected chi connectivity index (χ3v) is 6.24. The van der Waals surface area contributed by atoms with Crippen molar-refractivity contribution < 1.29 is 4.79 Å². The number of pyridine rings is 3. The standard InChI is InChI=1S/C24H27N9O/c1-31(2)19-5-8-33(9-6-19)23-12-16(4-7-25-23)24(34)28-22-11-17-10-20(21-15-32(3)30-29-21)26-13-18(17)14-27-22/h4,7,10-15,19H,5-6,8-9H2,1-3H3,(H,27,28,34). The monoisotopic (exact) mass is 457 g/mol. The molecule has 4 aromatic heterocycles. The Kier molecular flexibility index (Phi) is 5.89. The Bertz CT molecular complexity index is 1330. The number of carbonyl (C=O) groups is 1. The van der Waals surface area contributed by atoms with E-state index in [-0.39, 0.29) is 5.91 Å². The molecule has 0 spiro atoms. The Hall–Kier alpha value is -3.92. The zero-order valence-electron chi connectivity index (χ0n) is 19.5. The van der Waals surface area contributed by atoms with Crippen LogP contribution in [0.3, 0.4) is 0 Å². The molecule has 0 bridgehead atoms. The number of nitrogens with one attached hydrogen (secondary N) is 1. The fraction of sp³-hybridized carbons (Fsp3) is 0.333. The molecule has 34 heavy (non-hydrogen) atoms. The lowest BCUT2D eigenvalue weighted by Crippen LogP contribution is -2.42. The van der Waals surface area contributed by atoms with Crippen molar-refractivity contribution in [3.63, 3.8) is 0 Å². The van der Waals surface area contributed by atoms with Crippen LogP contribution in [0, 0.1) is 0 Å². The first-order chi connectivity index (χ1) is 16.5. The van der Waals surface area contributed by atoms with Crippen molar-refractivity contribution in [2.75, 3.05) is 37.4 Å². The Balaban J connectivity index is 1.32. The highest BCUT2D eigenvalue weighted by Crippen LogP contribution is 2.23. The molecule has 0 atom stereocenters. The highest BCUT2D eigenvalue weighted by molar-refractivity contribution is 6.05. The van der Waals surface area contributed by atoms with Crippen LogP contribution in [-0.4, -0.2) is 74.0 Å². The van der Waals surface area contributed by atoms with Crippen LogP contribution in [-0.2, 0) is 7.05 Å². The van der Waals surface area contributed by atoms with Gasteiger partial charge in [0.15, 0.2) is 0 Å². The molecule has 1 aliphatic heterocycles. The second-order valence-electron chi connectivity index (χ2n) is 8.80. The average molecular weight is 458 g/mol. The van der Waals surface area contributed by atoms with E-state index in [1.807, 2.05) is 31.4 Å². The topological polar surface area (TPSA) is 105 Å². The van der Waals surface area contributed by atoms with E-state index in [9.17, 15) is 4.79 Å². The third-order valence-electron chi connectivity index (χ3n) is 6.24. The van der Waals surface area contributed by atoms with Crippen molar-refractivity contribution >= 4 is 28.3 Å². The van der Waals surface area contributed by atoms with Crippen molar-refractivity contribution in [1.29, 1.82) is 0 Å². The van der Waals surface area contributed by atoms with Crippen LogP contribution in [0.2, 0.25) is 0 Å². The lowest BCUT2D eigenvalue weighted by atomic mass is 10.0. The predicted octanol–water partition coefficient (Wildman–Crippen LogP) is 2.60. The summed E-state index contributed by atoms with van der Waals surface area (Å²) in [6.07, 6.45) is 9.10. The van der Waals surface area contributed by atoms with Crippen LogP contribution in [0.15, 0.2) is 49.1 Å². The first-order valence-corrected chi connectivity index (χ1v) is 11.3. The summed E-state index contributed by atoms with van der Waals surface area (Å²) in [5.74, 6) is 1.08. The minimum absolute atomic E-state index is 0.220. The molecule has 1 saturated heterocycles. The maximum atomic E-state index is 13.0. The molecule has 1 fully saturated rings. The molecule has 0 unspecified atom stereocenters. The van der Waals surface area contributed by atoms with Gasteiger partial charge < -0.3 is 15.1 Å². The zero-order valence-corrected chi connectivity index (χ0v) is 19.5. The van der Waals surface area contributed by atoms with E-state index in [1.165, 1.54) is 0 Å². The fourth-order valence-electron chi connectivity index (χ4n) is 4.24.